The van der Waals surface area contributed by atoms with Gasteiger partial charge in [0.1, 0.15) is 0 Å². The van der Waals surface area contributed by atoms with Crippen LogP contribution < -0.4 is 15.5 Å². The highest BCUT2D eigenvalue weighted by atomic mass is 127. The Morgan fingerprint density at radius 1 is 1.13 bits per heavy atom. The molecule has 1 aliphatic heterocycles. The van der Waals surface area contributed by atoms with Crippen LogP contribution in [0.15, 0.2) is 52.8 Å². The maximum Gasteiger partial charge on any atom is 0.191 e. The van der Waals surface area contributed by atoms with Crippen LogP contribution in [0.1, 0.15) is 38.3 Å². The number of nitrogens with zero attached hydrogens (tertiary/aromatic N) is 3. The molecule has 1 aromatic carbocycles. The number of hydrogen-bond acceptors (Lipinski definition) is 4. The molecule has 2 heterocycles. The summed E-state index contributed by atoms with van der Waals surface area (Å²) in [6.45, 7) is 9.57. The minimum Gasteiger partial charge on any atom is -0.363 e. The molecule has 1 atom stereocenters. The Labute approximate surface area is 203 Å². The summed E-state index contributed by atoms with van der Waals surface area (Å²) in [5.74, 6) is 0.910. The average molecular weight is 542 g/mol. The van der Waals surface area contributed by atoms with Crippen molar-refractivity contribution in [2.75, 3.05) is 44.7 Å². The van der Waals surface area contributed by atoms with E-state index in [9.17, 15) is 0 Å². The Hall–Kier alpha value is -1.32. The van der Waals surface area contributed by atoms with E-state index >= 15 is 0 Å². The molecule has 2 N–H and O–H groups in total. The fourth-order valence-corrected chi connectivity index (χ4v) is 4.86. The number of piperidine rings is 1. The molecule has 0 amide bonds. The van der Waals surface area contributed by atoms with E-state index < -0.39 is 0 Å². The predicted molar refractivity (Wildman–Crippen MR) is 142 cm³/mol. The number of benzene rings is 1. The first-order valence-corrected chi connectivity index (χ1v) is 11.7. The van der Waals surface area contributed by atoms with E-state index in [0.29, 0.717) is 12.1 Å². The second-order valence-corrected chi connectivity index (χ2v) is 8.38. The number of nitrogens with one attached hydrogen (secondary N) is 2. The highest BCUT2D eigenvalue weighted by molar-refractivity contribution is 14.0. The number of anilines is 1. The lowest BCUT2D eigenvalue weighted by atomic mass is 10.0. The molecule has 1 unspecified atom stereocenters. The van der Waals surface area contributed by atoms with E-state index in [-0.39, 0.29) is 24.0 Å². The Kier molecular flexibility index (Phi) is 11.0. The second-order valence-electron chi connectivity index (χ2n) is 7.46. The van der Waals surface area contributed by atoms with Crippen molar-refractivity contribution in [3.63, 3.8) is 0 Å². The van der Waals surface area contributed by atoms with Crippen LogP contribution in [-0.4, -0.2) is 56.7 Å². The zero-order chi connectivity index (χ0) is 20.5. The van der Waals surface area contributed by atoms with Crippen molar-refractivity contribution in [1.29, 1.82) is 0 Å². The molecule has 1 fully saturated rings. The van der Waals surface area contributed by atoms with Crippen molar-refractivity contribution < 1.29 is 0 Å². The lowest BCUT2D eigenvalue weighted by Gasteiger charge is -2.34. The number of hydrogen-bond donors (Lipinski definition) is 2. The number of guanidine groups is 1. The Morgan fingerprint density at radius 3 is 2.40 bits per heavy atom. The lowest BCUT2D eigenvalue weighted by Crippen LogP contribution is -2.50. The van der Waals surface area contributed by atoms with Crippen molar-refractivity contribution in [1.82, 2.24) is 15.5 Å². The van der Waals surface area contributed by atoms with Crippen LogP contribution in [0.4, 0.5) is 5.00 Å². The molecule has 0 spiro atoms. The van der Waals surface area contributed by atoms with Gasteiger partial charge in [-0.05, 0) is 49.0 Å². The third kappa shape index (κ3) is 6.85. The topological polar surface area (TPSA) is 42.9 Å². The molecule has 166 valence electrons. The molecule has 1 aromatic heterocycles. The molecule has 0 radical (unpaired) electrons. The van der Waals surface area contributed by atoms with Crippen molar-refractivity contribution in [2.24, 2.45) is 4.99 Å². The maximum absolute atomic E-state index is 4.49. The van der Waals surface area contributed by atoms with Gasteiger partial charge in [-0.1, -0.05) is 44.2 Å². The highest BCUT2D eigenvalue weighted by Crippen LogP contribution is 2.25. The van der Waals surface area contributed by atoms with Gasteiger partial charge in [-0.15, -0.1) is 35.3 Å². The number of likely N-dealkylation sites (N-methyl/N-ethyl adjacent to an activating group) is 1. The molecule has 5 nitrogen and oxygen atoms in total. The van der Waals surface area contributed by atoms with Gasteiger partial charge < -0.3 is 15.5 Å². The first-order chi connectivity index (χ1) is 14.2. The van der Waals surface area contributed by atoms with Crippen LogP contribution in [0.25, 0.3) is 0 Å². The van der Waals surface area contributed by atoms with Crippen molar-refractivity contribution in [3.05, 3.63) is 53.4 Å². The lowest BCUT2D eigenvalue weighted by molar-refractivity contribution is 0.218. The summed E-state index contributed by atoms with van der Waals surface area (Å²) in [4.78, 5) is 9.48. The molecule has 1 aliphatic rings. The molecule has 3 rings (SSSR count). The zero-order valence-corrected chi connectivity index (χ0v) is 21.5. The van der Waals surface area contributed by atoms with Gasteiger partial charge in [0.25, 0.3) is 0 Å². The fraction of sp³-hybridized carbons (Fsp3) is 0.522. The predicted octanol–water partition coefficient (Wildman–Crippen LogP) is 4.58. The van der Waals surface area contributed by atoms with E-state index in [0.717, 1.165) is 51.5 Å². The molecule has 0 bridgehead atoms. The SMILES string of the molecule is CCN(CC)C(CNC(=NC)NC1CCN(c2cccs2)CC1)c1ccccc1.I. The van der Waals surface area contributed by atoms with Gasteiger partial charge >= 0.3 is 0 Å². The van der Waals surface area contributed by atoms with E-state index in [1.54, 1.807) is 0 Å². The number of halogens is 1. The summed E-state index contributed by atoms with van der Waals surface area (Å²) in [7, 11) is 1.87. The van der Waals surface area contributed by atoms with Gasteiger partial charge in [-0.2, -0.15) is 0 Å². The smallest absolute Gasteiger partial charge is 0.191 e. The van der Waals surface area contributed by atoms with Gasteiger partial charge in [0.15, 0.2) is 5.96 Å². The van der Waals surface area contributed by atoms with Crippen molar-refractivity contribution in [2.45, 2.75) is 38.8 Å². The summed E-state index contributed by atoms with van der Waals surface area (Å²) in [5, 5.41) is 10.8. The molecule has 0 saturated carbocycles. The Morgan fingerprint density at radius 2 is 1.83 bits per heavy atom. The van der Waals surface area contributed by atoms with Crippen LogP contribution in [0.5, 0.6) is 0 Å². The minimum absolute atomic E-state index is 0. The Bertz CT molecular complexity index is 725. The molecular formula is C23H36IN5S. The molecular weight excluding hydrogens is 505 g/mol. The summed E-state index contributed by atoms with van der Waals surface area (Å²) < 4.78 is 0. The van der Waals surface area contributed by atoms with Crippen LogP contribution in [-0.2, 0) is 0 Å². The number of rotatable bonds is 8. The summed E-state index contributed by atoms with van der Waals surface area (Å²) in [6.07, 6.45) is 2.27. The van der Waals surface area contributed by atoms with E-state index in [1.807, 2.05) is 18.4 Å². The Balaban J connectivity index is 0.00000320. The van der Waals surface area contributed by atoms with Crippen molar-refractivity contribution in [3.8, 4) is 0 Å². The van der Waals surface area contributed by atoms with Crippen LogP contribution in [0, 0.1) is 0 Å². The van der Waals surface area contributed by atoms with Gasteiger partial charge in [0.05, 0.1) is 11.0 Å². The van der Waals surface area contributed by atoms with Crippen molar-refractivity contribution >= 4 is 46.3 Å². The number of aliphatic imine (C=N–C) groups is 1. The highest BCUT2D eigenvalue weighted by Gasteiger charge is 2.22. The van der Waals surface area contributed by atoms with Gasteiger partial charge in [-0.3, -0.25) is 9.89 Å². The molecule has 2 aromatic rings. The van der Waals surface area contributed by atoms with E-state index in [4.69, 9.17) is 0 Å². The van der Waals surface area contributed by atoms with E-state index in [2.05, 4.69) is 87.1 Å². The third-order valence-electron chi connectivity index (χ3n) is 5.78. The average Bonchev–Trinajstić information content (AvgIpc) is 3.31. The second kappa shape index (κ2) is 13.2. The normalized spacial score (nSPS) is 16.3. The largest absolute Gasteiger partial charge is 0.363 e. The van der Waals surface area contributed by atoms with Crippen LogP contribution >= 0.6 is 35.3 Å². The third-order valence-corrected chi connectivity index (χ3v) is 6.71. The quantitative estimate of drug-likeness (QED) is 0.292. The molecule has 1 saturated heterocycles. The summed E-state index contributed by atoms with van der Waals surface area (Å²) >= 11 is 1.83. The van der Waals surface area contributed by atoms with Crippen LogP contribution in [0.3, 0.4) is 0 Å². The van der Waals surface area contributed by atoms with Crippen LogP contribution in [0.2, 0.25) is 0 Å². The zero-order valence-electron chi connectivity index (χ0n) is 18.4. The van der Waals surface area contributed by atoms with Gasteiger partial charge in [0.2, 0.25) is 0 Å². The number of thiophene rings is 1. The molecule has 30 heavy (non-hydrogen) atoms. The maximum atomic E-state index is 4.49. The first kappa shape index (κ1) is 24.9. The standard InChI is InChI=1S/C23H35N5S.HI/c1-4-27(5-2)21(19-10-7-6-8-11-19)18-25-23(24-3)26-20-13-15-28(16-14-20)22-12-9-17-29-22;/h6-12,17,20-21H,4-5,13-16,18H2,1-3H3,(H2,24,25,26);1H. The minimum atomic E-state index is 0. The van der Waals surface area contributed by atoms with Gasteiger partial charge in [0, 0.05) is 32.7 Å². The molecule has 7 heteroatoms. The first-order valence-electron chi connectivity index (χ1n) is 10.8. The monoisotopic (exact) mass is 541 g/mol. The van der Waals surface area contributed by atoms with Gasteiger partial charge in [-0.25, -0.2) is 0 Å². The summed E-state index contributed by atoms with van der Waals surface area (Å²) in [6, 6.07) is 15.9. The molecule has 0 aliphatic carbocycles. The summed E-state index contributed by atoms with van der Waals surface area (Å²) in [5.41, 5.74) is 1.35. The fourth-order valence-electron chi connectivity index (χ4n) is 4.07. The van der Waals surface area contributed by atoms with E-state index in [1.165, 1.54) is 10.6 Å².